The van der Waals surface area contributed by atoms with Crippen molar-refractivity contribution in [2.24, 2.45) is 0 Å². The Morgan fingerprint density at radius 3 is 2.29 bits per heavy atom. The second-order valence-corrected chi connectivity index (χ2v) is 6.14. The Labute approximate surface area is 129 Å². The Morgan fingerprint density at radius 1 is 0.905 bits per heavy atom. The van der Waals surface area contributed by atoms with Gasteiger partial charge in [0.1, 0.15) is 0 Å². The summed E-state index contributed by atoms with van der Waals surface area (Å²) < 4.78 is 0. The topological polar surface area (TPSA) is 12.0 Å². The molecule has 0 bridgehead atoms. The highest BCUT2D eigenvalue weighted by Gasteiger charge is 2.05. The van der Waals surface area contributed by atoms with Gasteiger partial charge < -0.3 is 5.32 Å². The van der Waals surface area contributed by atoms with Crippen molar-refractivity contribution in [3.8, 4) is 0 Å². The normalized spacial score (nSPS) is 12.4. The highest BCUT2D eigenvalue weighted by molar-refractivity contribution is 5.36. The van der Waals surface area contributed by atoms with Crippen molar-refractivity contribution in [1.29, 1.82) is 0 Å². The first kappa shape index (κ1) is 15.8. The number of benzene rings is 2. The van der Waals surface area contributed by atoms with Crippen LogP contribution in [-0.2, 0) is 6.54 Å². The van der Waals surface area contributed by atoms with Gasteiger partial charge >= 0.3 is 0 Å². The van der Waals surface area contributed by atoms with Gasteiger partial charge in [-0.25, -0.2) is 0 Å². The van der Waals surface area contributed by atoms with Crippen molar-refractivity contribution >= 4 is 0 Å². The lowest BCUT2D eigenvalue weighted by atomic mass is 9.98. The van der Waals surface area contributed by atoms with E-state index in [1.54, 1.807) is 0 Å². The molecule has 2 aromatic rings. The van der Waals surface area contributed by atoms with Gasteiger partial charge in [0.25, 0.3) is 0 Å². The standard InChI is InChI=1S/C20H27N/c1-15(19-8-6-5-7-9-19)10-11-21-14-20-13-17(3)16(2)12-18(20)4/h5-9,12-13,15,21H,10-11,14H2,1-4H3. The van der Waals surface area contributed by atoms with E-state index in [1.165, 1.54) is 34.2 Å². The largest absolute Gasteiger partial charge is 0.313 e. The zero-order chi connectivity index (χ0) is 15.2. The van der Waals surface area contributed by atoms with Crippen LogP contribution in [0.1, 0.15) is 47.1 Å². The maximum Gasteiger partial charge on any atom is 0.0208 e. The SMILES string of the molecule is Cc1cc(C)c(CNCCC(C)c2ccccc2)cc1C. The molecule has 0 spiro atoms. The minimum Gasteiger partial charge on any atom is -0.313 e. The summed E-state index contributed by atoms with van der Waals surface area (Å²) in [6.07, 6.45) is 1.17. The van der Waals surface area contributed by atoms with Gasteiger partial charge in [-0.15, -0.1) is 0 Å². The van der Waals surface area contributed by atoms with Crippen LogP contribution in [0.3, 0.4) is 0 Å². The van der Waals surface area contributed by atoms with E-state index < -0.39 is 0 Å². The fraction of sp³-hybridized carbons (Fsp3) is 0.400. The van der Waals surface area contributed by atoms with Crippen LogP contribution in [0.4, 0.5) is 0 Å². The van der Waals surface area contributed by atoms with E-state index in [2.05, 4.69) is 75.5 Å². The highest BCUT2D eigenvalue weighted by Crippen LogP contribution is 2.18. The molecule has 0 aliphatic carbocycles. The fourth-order valence-corrected chi connectivity index (χ4v) is 2.70. The number of hydrogen-bond acceptors (Lipinski definition) is 1. The Hall–Kier alpha value is -1.60. The van der Waals surface area contributed by atoms with E-state index in [1.807, 2.05) is 0 Å². The summed E-state index contributed by atoms with van der Waals surface area (Å²) in [6.45, 7) is 10.9. The molecule has 1 unspecified atom stereocenters. The van der Waals surface area contributed by atoms with Gasteiger partial charge in [-0.1, -0.05) is 49.4 Å². The van der Waals surface area contributed by atoms with E-state index in [0.717, 1.165) is 13.1 Å². The first-order valence-corrected chi connectivity index (χ1v) is 7.90. The molecule has 0 aromatic heterocycles. The molecule has 1 N–H and O–H groups in total. The average Bonchev–Trinajstić information content (AvgIpc) is 2.49. The van der Waals surface area contributed by atoms with Crippen molar-refractivity contribution in [1.82, 2.24) is 5.32 Å². The summed E-state index contributed by atoms with van der Waals surface area (Å²) in [5, 5.41) is 3.59. The molecule has 0 aliphatic rings. The molecule has 112 valence electrons. The molecule has 0 radical (unpaired) electrons. The highest BCUT2D eigenvalue weighted by atomic mass is 14.8. The van der Waals surface area contributed by atoms with Crippen LogP contribution in [0.25, 0.3) is 0 Å². The van der Waals surface area contributed by atoms with Crippen LogP contribution in [0.15, 0.2) is 42.5 Å². The molecule has 1 nitrogen and oxygen atoms in total. The molecule has 0 fully saturated rings. The number of aryl methyl sites for hydroxylation is 3. The minimum atomic E-state index is 0.611. The van der Waals surface area contributed by atoms with E-state index in [-0.39, 0.29) is 0 Å². The molecule has 1 atom stereocenters. The zero-order valence-corrected chi connectivity index (χ0v) is 13.7. The molecular weight excluding hydrogens is 254 g/mol. The maximum absolute atomic E-state index is 3.59. The van der Waals surface area contributed by atoms with Crippen LogP contribution >= 0.6 is 0 Å². The van der Waals surface area contributed by atoms with E-state index in [9.17, 15) is 0 Å². The quantitative estimate of drug-likeness (QED) is 0.743. The summed E-state index contributed by atoms with van der Waals surface area (Å²) >= 11 is 0. The lowest BCUT2D eigenvalue weighted by molar-refractivity contribution is 0.593. The van der Waals surface area contributed by atoms with Crippen LogP contribution in [0.5, 0.6) is 0 Å². The molecule has 2 aromatic carbocycles. The molecule has 2 rings (SSSR count). The minimum absolute atomic E-state index is 0.611. The van der Waals surface area contributed by atoms with Crippen LogP contribution < -0.4 is 5.32 Å². The molecule has 0 saturated carbocycles. The summed E-state index contributed by atoms with van der Waals surface area (Å²) in [5.74, 6) is 0.611. The second-order valence-electron chi connectivity index (χ2n) is 6.14. The smallest absolute Gasteiger partial charge is 0.0208 e. The van der Waals surface area contributed by atoms with Gasteiger partial charge in [-0.05, 0) is 67.5 Å². The molecule has 0 amide bonds. The van der Waals surface area contributed by atoms with Crippen LogP contribution in [-0.4, -0.2) is 6.54 Å². The van der Waals surface area contributed by atoms with Gasteiger partial charge in [0.2, 0.25) is 0 Å². The number of hydrogen-bond donors (Lipinski definition) is 1. The zero-order valence-electron chi connectivity index (χ0n) is 13.7. The molecule has 0 heterocycles. The number of nitrogens with one attached hydrogen (secondary N) is 1. The molecule has 0 aliphatic heterocycles. The van der Waals surface area contributed by atoms with Crippen LogP contribution in [0.2, 0.25) is 0 Å². The van der Waals surface area contributed by atoms with Gasteiger partial charge in [0.05, 0.1) is 0 Å². The fourth-order valence-electron chi connectivity index (χ4n) is 2.70. The molecule has 21 heavy (non-hydrogen) atoms. The Balaban J connectivity index is 1.81. The second kappa shape index (κ2) is 7.42. The van der Waals surface area contributed by atoms with Gasteiger partial charge in [-0.2, -0.15) is 0 Å². The predicted molar refractivity (Wildman–Crippen MR) is 91.8 cm³/mol. The summed E-state index contributed by atoms with van der Waals surface area (Å²) in [6, 6.07) is 15.4. The number of rotatable bonds is 6. The van der Waals surface area contributed by atoms with Crippen molar-refractivity contribution in [3.63, 3.8) is 0 Å². The Morgan fingerprint density at radius 2 is 1.57 bits per heavy atom. The summed E-state index contributed by atoms with van der Waals surface area (Å²) in [5.41, 5.74) is 7.01. The predicted octanol–water partition coefficient (Wildman–Crippen LogP) is 4.90. The van der Waals surface area contributed by atoms with E-state index in [0.29, 0.717) is 5.92 Å². The third-order valence-corrected chi connectivity index (χ3v) is 4.39. The first-order chi connectivity index (χ1) is 10.1. The maximum atomic E-state index is 3.59. The monoisotopic (exact) mass is 281 g/mol. The van der Waals surface area contributed by atoms with Crippen molar-refractivity contribution < 1.29 is 0 Å². The average molecular weight is 281 g/mol. The van der Waals surface area contributed by atoms with E-state index in [4.69, 9.17) is 0 Å². The third kappa shape index (κ3) is 4.44. The van der Waals surface area contributed by atoms with Crippen molar-refractivity contribution in [2.75, 3.05) is 6.54 Å². The first-order valence-electron chi connectivity index (χ1n) is 7.90. The van der Waals surface area contributed by atoms with Crippen molar-refractivity contribution in [2.45, 2.75) is 46.6 Å². The molecule has 0 saturated heterocycles. The van der Waals surface area contributed by atoms with Gasteiger partial charge in [0, 0.05) is 6.54 Å². The van der Waals surface area contributed by atoms with E-state index >= 15 is 0 Å². The third-order valence-electron chi connectivity index (χ3n) is 4.39. The van der Waals surface area contributed by atoms with Crippen molar-refractivity contribution in [3.05, 3.63) is 70.3 Å². The lowest BCUT2D eigenvalue weighted by Crippen LogP contribution is -2.17. The van der Waals surface area contributed by atoms with Gasteiger partial charge in [-0.3, -0.25) is 0 Å². The lowest BCUT2D eigenvalue weighted by Gasteiger charge is -2.14. The van der Waals surface area contributed by atoms with Gasteiger partial charge in [0.15, 0.2) is 0 Å². The summed E-state index contributed by atoms with van der Waals surface area (Å²) in [7, 11) is 0. The van der Waals surface area contributed by atoms with Crippen LogP contribution in [0, 0.1) is 20.8 Å². The molecule has 1 heteroatoms. The molecular formula is C20H27N. The summed E-state index contributed by atoms with van der Waals surface area (Å²) in [4.78, 5) is 0. The Kier molecular flexibility index (Phi) is 5.58. The Bertz CT molecular complexity index is 572.